The van der Waals surface area contributed by atoms with Gasteiger partial charge in [0.05, 0.1) is 33.2 Å². The second kappa shape index (κ2) is 7.54. The lowest BCUT2D eigenvalue weighted by Gasteiger charge is -2.14. The highest BCUT2D eigenvalue weighted by atomic mass is 16.5. The van der Waals surface area contributed by atoms with Gasteiger partial charge in [-0.1, -0.05) is 0 Å². The summed E-state index contributed by atoms with van der Waals surface area (Å²) in [7, 11) is 4.48. The van der Waals surface area contributed by atoms with Crippen LogP contribution in [-0.4, -0.2) is 31.8 Å². The molecule has 0 radical (unpaired) electrons. The zero-order valence-corrected chi connectivity index (χ0v) is 14.1. The van der Waals surface area contributed by atoms with Crippen LogP contribution < -0.4 is 25.0 Å². The quantitative estimate of drug-likeness (QED) is 0.873. The van der Waals surface area contributed by atoms with E-state index in [1.165, 1.54) is 26.5 Å². The van der Waals surface area contributed by atoms with Gasteiger partial charge in [-0.05, 0) is 19.1 Å². The summed E-state index contributed by atoms with van der Waals surface area (Å²) in [5.74, 6) is 1.05. The van der Waals surface area contributed by atoms with Gasteiger partial charge in [0, 0.05) is 17.8 Å². The molecule has 0 fully saturated rings. The van der Waals surface area contributed by atoms with Crippen LogP contribution in [0.3, 0.4) is 0 Å². The summed E-state index contributed by atoms with van der Waals surface area (Å²) in [6, 6.07) is 6.56. The Bertz CT molecular complexity index is 798. The number of benzene rings is 1. The Morgan fingerprint density at radius 1 is 1.08 bits per heavy atom. The third kappa shape index (κ3) is 3.87. The van der Waals surface area contributed by atoms with E-state index in [1.54, 1.807) is 36.8 Å². The first-order valence-electron chi connectivity index (χ1n) is 7.25. The van der Waals surface area contributed by atoms with Gasteiger partial charge >= 0.3 is 0 Å². The Labute approximate surface area is 139 Å². The first-order chi connectivity index (χ1) is 11.5. The maximum atomic E-state index is 12.3. The highest BCUT2D eigenvalue weighted by Gasteiger charge is 2.11. The molecule has 0 saturated heterocycles. The van der Waals surface area contributed by atoms with Gasteiger partial charge in [-0.25, -0.2) is 0 Å². The normalized spacial score (nSPS) is 10.2. The summed E-state index contributed by atoms with van der Waals surface area (Å²) >= 11 is 0. The predicted octanol–water partition coefficient (Wildman–Crippen LogP) is 1.82. The zero-order valence-electron chi connectivity index (χ0n) is 14.1. The Hall–Kier alpha value is -2.96. The molecule has 24 heavy (non-hydrogen) atoms. The molecule has 1 aromatic carbocycles. The number of nitrogens with zero attached hydrogens (tertiary/aromatic N) is 1. The van der Waals surface area contributed by atoms with Gasteiger partial charge in [0.15, 0.2) is 5.75 Å². The summed E-state index contributed by atoms with van der Waals surface area (Å²) < 4.78 is 17.0. The average Bonchev–Trinajstić information content (AvgIpc) is 2.57. The minimum absolute atomic E-state index is 0.0306. The fraction of sp³-hybridized carbons (Fsp3) is 0.294. The molecule has 0 atom stereocenters. The van der Waals surface area contributed by atoms with Crippen LogP contribution in [0.1, 0.15) is 5.69 Å². The molecule has 1 N–H and O–H groups in total. The zero-order chi connectivity index (χ0) is 17.7. The van der Waals surface area contributed by atoms with Gasteiger partial charge in [-0.2, -0.15) is 0 Å². The number of carbonyl (C=O) groups excluding carboxylic acids is 1. The summed E-state index contributed by atoms with van der Waals surface area (Å²) in [6.07, 6.45) is 1.51. The van der Waals surface area contributed by atoms with Crippen molar-refractivity contribution in [3.05, 3.63) is 46.4 Å². The lowest BCUT2D eigenvalue weighted by molar-refractivity contribution is -0.116. The Morgan fingerprint density at radius 2 is 1.79 bits per heavy atom. The van der Waals surface area contributed by atoms with Gasteiger partial charge < -0.3 is 24.1 Å². The van der Waals surface area contributed by atoms with Crippen LogP contribution in [0.2, 0.25) is 0 Å². The van der Waals surface area contributed by atoms with Crippen LogP contribution in [0.5, 0.6) is 17.2 Å². The molecule has 1 amide bonds. The van der Waals surface area contributed by atoms with E-state index in [9.17, 15) is 9.59 Å². The van der Waals surface area contributed by atoms with E-state index < -0.39 is 0 Å². The van der Waals surface area contributed by atoms with E-state index in [0.717, 1.165) is 0 Å². The number of hydrogen-bond acceptors (Lipinski definition) is 5. The smallest absolute Gasteiger partial charge is 0.244 e. The molecule has 0 saturated carbocycles. The molecule has 0 bridgehead atoms. The topological polar surface area (TPSA) is 78.8 Å². The SMILES string of the molecule is COc1ccc(OC)c(NC(=O)Cn2cc(OC)c(=O)cc2C)c1. The maximum absolute atomic E-state index is 12.3. The van der Waals surface area contributed by atoms with Crippen molar-refractivity contribution in [3.63, 3.8) is 0 Å². The van der Waals surface area contributed by atoms with Gasteiger partial charge in [-0.15, -0.1) is 0 Å². The number of aryl methyl sites for hydroxylation is 1. The molecular weight excluding hydrogens is 312 g/mol. The molecule has 0 unspecified atom stereocenters. The lowest BCUT2D eigenvalue weighted by atomic mass is 10.2. The summed E-state index contributed by atoms with van der Waals surface area (Å²) in [6.45, 7) is 1.78. The number of pyridine rings is 1. The van der Waals surface area contributed by atoms with Crippen LogP contribution >= 0.6 is 0 Å². The maximum Gasteiger partial charge on any atom is 0.244 e. The van der Waals surface area contributed by atoms with Gasteiger partial charge in [-0.3, -0.25) is 9.59 Å². The van der Waals surface area contributed by atoms with Crippen molar-refractivity contribution in [2.24, 2.45) is 0 Å². The van der Waals surface area contributed by atoms with E-state index >= 15 is 0 Å². The van der Waals surface area contributed by atoms with Crippen molar-refractivity contribution < 1.29 is 19.0 Å². The van der Waals surface area contributed by atoms with Crippen molar-refractivity contribution in [1.82, 2.24) is 4.57 Å². The molecule has 7 nitrogen and oxygen atoms in total. The van der Waals surface area contributed by atoms with E-state index in [1.807, 2.05) is 0 Å². The van der Waals surface area contributed by atoms with E-state index in [-0.39, 0.29) is 23.6 Å². The number of nitrogens with one attached hydrogen (secondary N) is 1. The van der Waals surface area contributed by atoms with E-state index in [2.05, 4.69) is 5.32 Å². The predicted molar refractivity (Wildman–Crippen MR) is 90.2 cm³/mol. The van der Waals surface area contributed by atoms with E-state index in [4.69, 9.17) is 14.2 Å². The third-order valence-corrected chi connectivity index (χ3v) is 3.52. The highest BCUT2D eigenvalue weighted by Crippen LogP contribution is 2.28. The Morgan fingerprint density at radius 3 is 2.42 bits per heavy atom. The van der Waals surface area contributed by atoms with Crippen molar-refractivity contribution in [2.75, 3.05) is 26.6 Å². The van der Waals surface area contributed by atoms with Crippen LogP contribution in [0.15, 0.2) is 35.3 Å². The van der Waals surface area contributed by atoms with Gasteiger partial charge in [0.25, 0.3) is 0 Å². The first-order valence-corrected chi connectivity index (χ1v) is 7.25. The third-order valence-electron chi connectivity index (χ3n) is 3.52. The molecule has 1 aromatic heterocycles. The van der Waals surface area contributed by atoms with Crippen LogP contribution in [-0.2, 0) is 11.3 Å². The lowest BCUT2D eigenvalue weighted by Crippen LogP contribution is -2.22. The first kappa shape index (κ1) is 17.4. The number of anilines is 1. The van der Waals surface area contributed by atoms with Gasteiger partial charge in [0.2, 0.25) is 11.3 Å². The molecule has 2 rings (SSSR count). The second-order valence-corrected chi connectivity index (χ2v) is 5.09. The fourth-order valence-corrected chi connectivity index (χ4v) is 2.23. The summed E-state index contributed by atoms with van der Waals surface area (Å²) in [4.78, 5) is 24.0. The minimum atomic E-state index is -0.268. The van der Waals surface area contributed by atoms with Crippen molar-refractivity contribution in [2.45, 2.75) is 13.5 Å². The molecule has 0 aliphatic carbocycles. The van der Waals surface area contributed by atoms with Crippen LogP contribution in [0.4, 0.5) is 5.69 Å². The standard InChI is InChI=1S/C17H20N2O5/c1-11-7-14(20)16(24-4)9-19(11)10-17(21)18-13-8-12(22-2)5-6-15(13)23-3/h5-9H,10H2,1-4H3,(H,18,21). The molecule has 1 heterocycles. The molecule has 0 aliphatic heterocycles. The van der Waals surface area contributed by atoms with Crippen LogP contribution in [0, 0.1) is 6.92 Å². The molecule has 128 valence electrons. The largest absolute Gasteiger partial charge is 0.497 e. The molecular formula is C17H20N2O5. The van der Waals surface area contributed by atoms with Crippen molar-refractivity contribution >= 4 is 11.6 Å². The fourth-order valence-electron chi connectivity index (χ4n) is 2.23. The van der Waals surface area contributed by atoms with Crippen molar-refractivity contribution in [1.29, 1.82) is 0 Å². The average molecular weight is 332 g/mol. The number of methoxy groups -OCH3 is 3. The summed E-state index contributed by atoms with van der Waals surface area (Å²) in [5, 5.41) is 2.78. The Kier molecular flexibility index (Phi) is 5.47. The molecule has 7 heteroatoms. The molecule has 0 aliphatic rings. The van der Waals surface area contributed by atoms with Crippen LogP contribution in [0.25, 0.3) is 0 Å². The number of rotatable bonds is 6. The minimum Gasteiger partial charge on any atom is -0.497 e. The highest BCUT2D eigenvalue weighted by molar-refractivity contribution is 5.92. The van der Waals surface area contributed by atoms with Crippen molar-refractivity contribution in [3.8, 4) is 17.2 Å². The number of carbonyl (C=O) groups is 1. The summed E-state index contributed by atoms with van der Waals surface area (Å²) in [5.41, 5.74) is 0.946. The number of aromatic nitrogens is 1. The van der Waals surface area contributed by atoms with Gasteiger partial charge in [0.1, 0.15) is 18.0 Å². The van der Waals surface area contributed by atoms with E-state index in [0.29, 0.717) is 22.9 Å². The molecule has 0 spiro atoms. The monoisotopic (exact) mass is 332 g/mol. The number of amides is 1. The number of hydrogen-bond donors (Lipinski definition) is 1. The molecule has 2 aromatic rings. The Balaban J connectivity index is 2.21. The number of ether oxygens (including phenoxy) is 3. The second-order valence-electron chi connectivity index (χ2n) is 5.09.